The Balaban J connectivity index is 1.79. The summed E-state index contributed by atoms with van der Waals surface area (Å²) in [4.78, 5) is 51.8. The predicted octanol–water partition coefficient (Wildman–Crippen LogP) is 8.31. The van der Waals surface area contributed by atoms with Gasteiger partial charge in [-0.25, -0.2) is 0 Å². The third-order valence-corrected chi connectivity index (χ3v) is 8.75. The maximum atomic E-state index is 14.0. The van der Waals surface area contributed by atoms with Gasteiger partial charge in [-0.1, -0.05) is 50.9 Å². The molecule has 0 saturated carbocycles. The molecule has 5 rings (SSSR count). The van der Waals surface area contributed by atoms with Crippen LogP contribution >= 0.6 is 23.2 Å². The van der Waals surface area contributed by atoms with Crippen LogP contribution in [0.4, 0.5) is 11.4 Å². The van der Waals surface area contributed by atoms with Crippen LogP contribution in [0, 0.1) is 31.1 Å². The fourth-order valence-corrected chi connectivity index (χ4v) is 7.15. The van der Waals surface area contributed by atoms with Crippen molar-refractivity contribution in [3.8, 4) is 11.5 Å². The minimum Gasteiger partial charge on any atom is -0.448 e. The highest BCUT2D eigenvalue weighted by molar-refractivity contribution is 6.35. The number of nitro benzene ring substituents is 2. The molecule has 0 bridgehead atoms. The molecule has 0 atom stereocenters. The van der Waals surface area contributed by atoms with E-state index in [1.165, 1.54) is 6.07 Å². The number of nitro groups is 2. The lowest BCUT2D eigenvalue weighted by Crippen LogP contribution is -2.44. The number of Topliss-reactive ketones (excluding diaryl/α,β-unsaturated/α-hetero) is 2. The lowest BCUT2D eigenvalue weighted by molar-refractivity contribution is -0.394. The Labute approximate surface area is 258 Å². The first kappa shape index (κ1) is 30.7. The van der Waals surface area contributed by atoms with Gasteiger partial charge in [0.05, 0.1) is 20.9 Å². The van der Waals surface area contributed by atoms with Crippen LogP contribution in [-0.4, -0.2) is 32.9 Å². The largest absolute Gasteiger partial charge is 0.448 e. The highest BCUT2D eigenvalue weighted by Crippen LogP contribution is 2.57. The van der Waals surface area contributed by atoms with Gasteiger partial charge < -0.3 is 9.64 Å². The minimum absolute atomic E-state index is 0.00421. The number of ketones is 2. The number of rotatable bonds is 6. The van der Waals surface area contributed by atoms with Crippen LogP contribution in [0.1, 0.15) is 71.8 Å². The van der Waals surface area contributed by atoms with Gasteiger partial charge in [0.2, 0.25) is 5.75 Å². The van der Waals surface area contributed by atoms with E-state index in [4.69, 9.17) is 27.9 Å². The van der Waals surface area contributed by atoms with Crippen molar-refractivity contribution in [2.45, 2.75) is 66.2 Å². The van der Waals surface area contributed by atoms with Crippen LogP contribution < -0.4 is 4.74 Å². The van der Waals surface area contributed by atoms with Gasteiger partial charge in [0.1, 0.15) is 0 Å². The van der Waals surface area contributed by atoms with Crippen LogP contribution in [-0.2, 0) is 9.59 Å². The van der Waals surface area contributed by atoms with E-state index in [1.54, 1.807) is 6.07 Å². The molecule has 0 unspecified atom stereocenters. The summed E-state index contributed by atoms with van der Waals surface area (Å²) in [6, 6.07) is 6.00. The predicted molar refractivity (Wildman–Crippen MR) is 162 cm³/mol. The Hall–Kier alpha value is -3.76. The lowest BCUT2D eigenvalue weighted by Gasteiger charge is -2.49. The molecule has 3 aliphatic rings. The van der Waals surface area contributed by atoms with Crippen molar-refractivity contribution in [3.05, 3.63) is 88.7 Å². The van der Waals surface area contributed by atoms with Gasteiger partial charge in [0.25, 0.3) is 5.69 Å². The van der Waals surface area contributed by atoms with E-state index >= 15 is 0 Å². The first-order valence-corrected chi connectivity index (χ1v) is 14.7. The number of non-ortho nitro benzene ring substituents is 1. The molecule has 12 heteroatoms. The molecule has 1 heterocycles. The van der Waals surface area contributed by atoms with Gasteiger partial charge in [0, 0.05) is 64.5 Å². The molecule has 0 spiro atoms. The molecule has 0 N–H and O–H groups in total. The minimum atomic E-state index is -0.872. The van der Waals surface area contributed by atoms with Crippen LogP contribution in [0.3, 0.4) is 0 Å². The lowest BCUT2D eigenvalue weighted by atomic mass is 9.63. The first-order chi connectivity index (χ1) is 20.0. The molecule has 10 nitrogen and oxygen atoms in total. The number of allylic oxidation sites excluding steroid dienone is 4. The van der Waals surface area contributed by atoms with Crippen LogP contribution in [0.5, 0.6) is 11.5 Å². The van der Waals surface area contributed by atoms with Crippen molar-refractivity contribution in [3.63, 3.8) is 0 Å². The third-order valence-electron chi connectivity index (χ3n) is 8.25. The number of benzene rings is 2. The molecule has 0 aromatic heterocycles. The zero-order valence-electron chi connectivity index (χ0n) is 24.5. The van der Waals surface area contributed by atoms with Gasteiger partial charge in [0.15, 0.2) is 17.3 Å². The molecule has 0 amide bonds. The van der Waals surface area contributed by atoms with E-state index in [1.807, 2.05) is 34.6 Å². The van der Waals surface area contributed by atoms with Crippen LogP contribution in [0.2, 0.25) is 10.0 Å². The van der Waals surface area contributed by atoms with Gasteiger partial charge in [-0.05, 0) is 48.8 Å². The average molecular weight is 629 g/mol. The Kier molecular flexibility index (Phi) is 7.67. The molecule has 0 fully saturated rings. The van der Waals surface area contributed by atoms with E-state index < -0.39 is 27.1 Å². The molecule has 2 aromatic carbocycles. The maximum absolute atomic E-state index is 14.0. The molecular formula is C31H31Cl2N3O7. The number of halogens is 2. The number of hydrogen-bond acceptors (Lipinski definition) is 8. The van der Waals surface area contributed by atoms with E-state index in [-0.39, 0.29) is 56.8 Å². The molecule has 43 heavy (non-hydrogen) atoms. The van der Waals surface area contributed by atoms with Crippen molar-refractivity contribution >= 4 is 46.1 Å². The molecule has 0 saturated heterocycles. The van der Waals surface area contributed by atoms with Gasteiger partial charge in [-0.2, -0.15) is 0 Å². The van der Waals surface area contributed by atoms with Crippen molar-refractivity contribution in [1.82, 2.24) is 4.90 Å². The molecular weight excluding hydrogens is 597 g/mol. The summed E-state index contributed by atoms with van der Waals surface area (Å²) in [6.07, 6.45) is 1.73. The summed E-state index contributed by atoms with van der Waals surface area (Å²) in [5, 5.41) is 23.4. The quantitative estimate of drug-likeness (QED) is 0.230. The Morgan fingerprint density at radius 1 is 0.884 bits per heavy atom. The monoisotopic (exact) mass is 627 g/mol. The van der Waals surface area contributed by atoms with E-state index in [2.05, 4.69) is 4.90 Å². The number of nitrogens with zero attached hydrogens (tertiary/aromatic N) is 3. The second-order valence-corrected chi connectivity index (χ2v) is 13.7. The molecule has 226 valence electrons. The second-order valence-electron chi connectivity index (χ2n) is 12.9. The summed E-state index contributed by atoms with van der Waals surface area (Å²) >= 11 is 13.2. The molecule has 0 radical (unpaired) electrons. The van der Waals surface area contributed by atoms with E-state index in [0.29, 0.717) is 36.1 Å². The number of ether oxygens (including phenoxy) is 1. The van der Waals surface area contributed by atoms with Crippen LogP contribution in [0.15, 0.2) is 52.9 Å². The van der Waals surface area contributed by atoms with Crippen molar-refractivity contribution < 1.29 is 24.2 Å². The molecule has 2 aromatic rings. The SMILES string of the molecule is CCN1C2=C(C(=O)CC(C)(C)C2)C(c2cc(Cl)cc(Cl)c2Oc2ccc([N+](=O)[O-])cc2[N+](=O)[O-])C2=C1CC(C)(C)CC2=O. The summed E-state index contributed by atoms with van der Waals surface area (Å²) < 4.78 is 6.10. The van der Waals surface area contributed by atoms with Crippen LogP contribution in [0.25, 0.3) is 0 Å². The topological polar surface area (TPSA) is 133 Å². The smallest absolute Gasteiger partial charge is 0.318 e. The zero-order chi connectivity index (χ0) is 31.6. The van der Waals surface area contributed by atoms with Crippen molar-refractivity contribution in [1.29, 1.82) is 0 Å². The highest BCUT2D eigenvalue weighted by Gasteiger charge is 2.49. The summed E-state index contributed by atoms with van der Waals surface area (Å²) in [5.74, 6) is -1.40. The number of carbonyl (C=O) groups excluding carboxylic acids is 2. The number of hydrogen-bond donors (Lipinski definition) is 0. The summed E-state index contributed by atoms with van der Waals surface area (Å²) in [7, 11) is 0. The first-order valence-electron chi connectivity index (χ1n) is 13.9. The fraction of sp³-hybridized carbons (Fsp3) is 0.419. The number of carbonyl (C=O) groups is 2. The van der Waals surface area contributed by atoms with E-state index in [9.17, 15) is 29.8 Å². The third kappa shape index (κ3) is 5.54. The normalized spacial score (nSPS) is 19.7. The Morgan fingerprint density at radius 3 is 1.93 bits per heavy atom. The van der Waals surface area contributed by atoms with Gasteiger partial charge in [-0.3, -0.25) is 29.8 Å². The Morgan fingerprint density at radius 2 is 1.44 bits per heavy atom. The van der Waals surface area contributed by atoms with Gasteiger partial charge >= 0.3 is 5.69 Å². The summed E-state index contributed by atoms with van der Waals surface area (Å²) in [5.41, 5.74) is 1.17. The summed E-state index contributed by atoms with van der Waals surface area (Å²) in [6.45, 7) is 10.7. The highest BCUT2D eigenvalue weighted by atomic mass is 35.5. The maximum Gasteiger partial charge on any atom is 0.318 e. The van der Waals surface area contributed by atoms with E-state index in [0.717, 1.165) is 29.6 Å². The Bertz CT molecular complexity index is 1620. The second kappa shape index (κ2) is 10.7. The van der Waals surface area contributed by atoms with Gasteiger partial charge in [-0.15, -0.1) is 0 Å². The van der Waals surface area contributed by atoms with Crippen molar-refractivity contribution in [2.75, 3.05) is 6.54 Å². The molecule has 2 aliphatic carbocycles. The fourth-order valence-electron chi connectivity index (χ4n) is 6.60. The molecule has 1 aliphatic heterocycles. The zero-order valence-corrected chi connectivity index (χ0v) is 26.0. The average Bonchev–Trinajstić information content (AvgIpc) is 2.87. The van der Waals surface area contributed by atoms with Crippen molar-refractivity contribution in [2.24, 2.45) is 10.8 Å². The standard InChI is InChI=1S/C31H31Cl2N3O7/c1-6-34-21-12-30(2,3)14-23(37)27(21)26(28-22(34)13-31(4,5)15-24(28)38)18-9-16(32)10-19(33)29(18)43-25-8-7-17(35(39)40)11-20(25)36(41)42/h7-11,26H,6,12-15H2,1-5H3.